The second-order valence-corrected chi connectivity index (χ2v) is 5.45. The van der Waals surface area contributed by atoms with Gasteiger partial charge in [0.15, 0.2) is 0 Å². The second kappa shape index (κ2) is 5.25. The molecule has 0 spiro atoms. The molecule has 2 aromatic rings. The molecule has 0 aliphatic carbocycles. The zero-order valence-electron chi connectivity index (χ0n) is 12.6. The number of rotatable bonds is 4. The lowest BCUT2D eigenvalue weighted by Crippen LogP contribution is -2.15. The Morgan fingerprint density at radius 1 is 1.32 bits per heavy atom. The molecule has 0 saturated heterocycles. The number of methoxy groups -OCH3 is 1. The Bertz CT molecular complexity index is 597. The number of hydrogen-bond donors (Lipinski definition) is 1. The molecule has 0 radical (unpaired) electrons. The van der Waals surface area contributed by atoms with Crippen LogP contribution in [0.3, 0.4) is 0 Å². The van der Waals surface area contributed by atoms with E-state index in [4.69, 9.17) is 10.5 Å². The average Bonchev–Trinajstić information content (AvgIpc) is 2.62. The summed E-state index contributed by atoms with van der Waals surface area (Å²) in [5.74, 6) is 0.943. The third-order valence-electron chi connectivity index (χ3n) is 4.00. The summed E-state index contributed by atoms with van der Waals surface area (Å²) in [7, 11) is 3.84. The zero-order chi connectivity index (χ0) is 14.2. The topological polar surface area (TPSA) is 40.2 Å². The summed E-state index contributed by atoms with van der Waals surface area (Å²) in [6.45, 7) is 6.40. The molecule has 1 atom stereocenters. The summed E-state index contributed by atoms with van der Waals surface area (Å²) < 4.78 is 7.75. The number of aromatic nitrogens is 1. The minimum atomic E-state index is 0.237. The van der Waals surface area contributed by atoms with Gasteiger partial charge in [-0.1, -0.05) is 6.07 Å². The Morgan fingerprint density at radius 3 is 2.58 bits per heavy atom. The van der Waals surface area contributed by atoms with E-state index < -0.39 is 0 Å². The zero-order valence-corrected chi connectivity index (χ0v) is 12.6. The number of nitrogens with two attached hydrogens (primary N) is 1. The number of aryl methyl sites for hydroxylation is 3. The van der Waals surface area contributed by atoms with Crippen LogP contribution >= 0.6 is 0 Å². The lowest BCUT2D eigenvalue weighted by molar-refractivity contribution is 0.417. The van der Waals surface area contributed by atoms with Crippen LogP contribution in [0.1, 0.15) is 30.2 Å². The highest BCUT2D eigenvalue weighted by atomic mass is 16.5. The molecule has 0 saturated carbocycles. The van der Waals surface area contributed by atoms with Gasteiger partial charge in [0, 0.05) is 24.2 Å². The molecule has 3 nitrogen and oxygen atoms in total. The molecule has 1 heterocycles. The first-order valence-corrected chi connectivity index (χ1v) is 6.84. The van der Waals surface area contributed by atoms with Crippen molar-refractivity contribution in [1.82, 2.24) is 4.57 Å². The predicted molar refractivity (Wildman–Crippen MR) is 80.9 cm³/mol. The van der Waals surface area contributed by atoms with Crippen molar-refractivity contribution >= 4 is 10.9 Å². The summed E-state index contributed by atoms with van der Waals surface area (Å²) in [6, 6.07) is 4.42. The van der Waals surface area contributed by atoms with Crippen molar-refractivity contribution in [2.75, 3.05) is 7.11 Å². The van der Waals surface area contributed by atoms with Gasteiger partial charge in [0.05, 0.1) is 12.6 Å². The van der Waals surface area contributed by atoms with Crippen LogP contribution in [0.2, 0.25) is 0 Å². The van der Waals surface area contributed by atoms with Gasteiger partial charge in [-0.05, 0) is 50.8 Å². The van der Waals surface area contributed by atoms with Crippen molar-refractivity contribution in [2.24, 2.45) is 12.8 Å². The largest absolute Gasteiger partial charge is 0.495 e. The number of ether oxygens (including phenoxy) is 1. The molecule has 2 N–H and O–H groups in total. The highest BCUT2D eigenvalue weighted by Crippen LogP contribution is 2.35. The SMILES string of the molecule is COc1ccc(C)c2c(CCC(C)N)c(C)n(C)c12. The highest BCUT2D eigenvalue weighted by molar-refractivity contribution is 5.93. The van der Waals surface area contributed by atoms with Crippen LogP contribution in [-0.4, -0.2) is 17.7 Å². The van der Waals surface area contributed by atoms with Crippen LogP contribution in [0.25, 0.3) is 10.9 Å². The minimum Gasteiger partial charge on any atom is -0.495 e. The number of hydrogen-bond acceptors (Lipinski definition) is 2. The van der Waals surface area contributed by atoms with Crippen LogP contribution in [0.4, 0.5) is 0 Å². The molecule has 19 heavy (non-hydrogen) atoms. The molecule has 1 aromatic carbocycles. The minimum absolute atomic E-state index is 0.237. The van der Waals surface area contributed by atoms with Gasteiger partial charge >= 0.3 is 0 Å². The van der Waals surface area contributed by atoms with E-state index in [1.165, 1.54) is 27.7 Å². The smallest absolute Gasteiger partial charge is 0.143 e. The van der Waals surface area contributed by atoms with Gasteiger partial charge in [0.1, 0.15) is 5.75 Å². The van der Waals surface area contributed by atoms with E-state index in [0.29, 0.717) is 0 Å². The molecule has 0 fully saturated rings. The number of nitrogens with zero attached hydrogens (tertiary/aromatic N) is 1. The number of fused-ring (bicyclic) bond motifs is 1. The maximum atomic E-state index is 5.90. The molecular weight excluding hydrogens is 236 g/mol. The van der Waals surface area contributed by atoms with Gasteiger partial charge < -0.3 is 15.0 Å². The summed E-state index contributed by atoms with van der Waals surface area (Å²) in [4.78, 5) is 0. The van der Waals surface area contributed by atoms with Crippen molar-refractivity contribution in [2.45, 2.75) is 39.7 Å². The van der Waals surface area contributed by atoms with E-state index in [2.05, 4.69) is 38.5 Å². The van der Waals surface area contributed by atoms with Crippen molar-refractivity contribution in [3.05, 3.63) is 29.0 Å². The summed E-state index contributed by atoms with van der Waals surface area (Å²) >= 11 is 0. The molecule has 1 aromatic heterocycles. The molecule has 104 valence electrons. The predicted octanol–water partition coefficient (Wildman–Crippen LogP) is 3.08. The fourth-order valence-electron chi connectivity index (χ4n) is 2.78. The molecule has 3 heteroatoms. The average molecular weight is 260 g/mol. The lowest BCUT2D eigenvalue weighted by Gasteiger charge is -2.08. The van der Waals surface area contributed by atoms with Crippen LogP contribution in [0.15, 0.2) is 12.1 Å². The lowest BCUT2D eigenvalue weighted by atomic mass is 10.00. The van der Waals surface area contributed by atoms with E-state index in [1.807, 2.05) is 6.07 Å². The van der Waals surface area contributed by atoms with Crippen LogP contribution in [-0.2, 0) is 13.5 Å². The third-order valence-corrected chi connectivity index (χ3v) is 4.00. The Morgan fingerprint density at radius 2 is 2.00 bits per heavy atom. The first-order valence-electron chi connectivity index (χ1n) is 6.84. The Hall–Kier alpha value is -1.48. The molecule has 2 rings (SSSR count). The molecule has 1 unspecified atom stereocenters. The number of benzene rings is 1. The summed E-state index contributed by atoms with van der Waals surface area (Å²) in [5.41, 5.74) is 11.1. The molecule has 0 bridgehead atoms. The Labute approximate surface area is 115 Å². The standard InChI is InChI=1S/C16H24N2O/c1-10-6-9-14(19-5)16-15(10)13(8-7-11(2)17)12(3)18(16)4/h6,9,11H,7-8,17H2,1-5H3. The van der Waals surface area contributed by atoms with E-state index >= 15 is 0 Å². The monoisotopic (exact) mass is 260 g/mol. The Balaban J connectivity index is 2.66. The normalized spacial score (nSPS) is 12.9. The van der Waals surface area contributed by atoms with Crippen LogP contribution in [0, 0.1) is 13.8 Å². The van der Waals surface area contributed by atoms with Crippen molar-refractivity contribution in [3.63, 3.8) is 0 Å². The summed E-state index contributed by atoms with van der Waals surface area (Å²) in [6.07, 6.45) is 2.03. The van der Waals surface area contributed by atoms with E-state index in [9.17, 15) is 0 Å². The van der Waals surface area contributed by atoms with Gasteiger partial charge in [0.2, 0.25) is 0 Å². The maximum Gasteiger partial charge on any atom is 0.143 e. The first-order chi connectivity index (χ1) is 8.97. The van der Waals surface area contributed by atoms with Gasteiger partial charge in [0.25, 0.3) is 0 Å². The van der Waals surface area contributed by atoms with Gasteiger partial charge in [-0.15, -0.1) is 0 Å². The fourth-order valence-corrected chi connectivity index (χ4v) is 2.78. The van der Waals surface area contributed by atoms with Gasteiger partial charge in [-0.25, -0.2) is 0 Å². The van der Waals surface area contributed by atoms with E-state index in [-0.39, 0.29) is 6.04 Å². The third kappa shape index (κ3) is 2.35. The molecule has 0 aliphatic heterocycles. The van der Waals surface area contributed by atoms with Crippen LogP contribution in [0.5, 0.6) is 5.75 Å². The summed E-state index contributed by atoms with van der Waals surface area (Å²) in [5, 5.41) is 1.33. The van der Waals surface area contributed by atoms with Crippen molar-refractivity contribution < 1.29 is 4.74 Å². The van der Waals surface area contributed by atoms with E-state index in [1.54, 1.807) is 7.11 Å². The maximum absolute atomic E-state index is 5.90. The van der Waals surface area contributed by atoms with Crippen molar-refractivity contribution in [3.8, 4) is 5.75 Å². The quantitative estimate of drug-likeness (QED) is 0.917. The van der Waals surface area contributed by atoms with Gasteiger partial charge in [-0.3, -0.25) is 0 Å². The van der Waals surface area contributed by atoms with Gasteiger partial charge in [-0.2, -0.15) is 0 Å². The first kappa shape index (κ1) is 13.9. The molecule has 0 amide bonds. The second-order valence-electron chi connectivity index (χ2n) is 5.45. The fraction of sp³-hybridized carbons (Fsp3) is 0.500. The molecular formula is C16H24N2O. The van der Waals surface area contributed by atoms with E-state index in [0.717, 1.165) is 18.6 Å². The van der Waals surface area contributed by atoms with Crippen molar-refractivity contribution in [1.29, 1.82) is 0 Å². The van der Waals surface area contributed by atoms with Crippen LogP contribution < -0.4 is 10.5 Å². The molecule has 0 aliphatic rings. The Kier molecular flexibility index (Phi) is 3.85. The highest BCUT2D eigenvalue weighted by Gasteiger charge is 2.17.